The van der Waals surface area contributed by atoms with Crippen molar-refractivity contribution in [3.05, 3.63) is 23.8 Å². The van der Waals surface area contributed by atoms with Gasteiger partial charge in [-0.25, -0.2) is 10.9 Å². The molecule has 1 saturated carbocycles. The van der Waals surface area contributed by atoms with E-state index in [0.717, 1.165) is 75.3 Å². The highest BCUT2D eigenvalue weighted by Crippen LogP contribution is 2.36. The van der Waals surface area contributed by atoms with E-state index in [4.69, 9.17) is 9.47 Å². The Kier molecular flexibility index (Phi) is 7.65. The van der Waals surface area contributed by atoms with Crippen molar-refractivity contribution in [1.29, 1.82) is 0 Å². The number of benzene rings is 1. The molecule has 3 N–H and O–H groups in total. The van der Waals surface area contributed by atoms with Crippen molar-refractivity contribution in [3.8, 4) is 11.5 Å². The normalized spacial score (nSPS) is 29.9. The molecule has 0 aromatic heterocycles. The third-order valence-corrected chi connectivity index (χ3v) is 8.84. The molecule has 4 fully saturated rings. The fourth-order valence-corrected chi connectivity index (χ4v) is 6.57. The van der Waals surface area contributed by atoms with Crippen LogP contribution in [0.2, 0.25) is 0 Å². The van der Waals surface area contributed by atoms with E-state index in [1.54, 1.807) is 7.11 Å². The molecule has 3 heterocycles. The van der Waals surface area contributed by atoms with Crippen molar-refractivity contribution >= 4 is 11.8 Å². The van der Waals surface area contributed by atoms with E-state index in [0.29, 0.717) is 29.8 Å². The Hall–Kier alpha value is -2.36. The Balaban J connectivity index is 1.12. The lowest BCUT2D eigenvalue weighted by Crippen LogP contribution is -2.45. The van der Waals surface area contributed by atoms with Gasteiger partial charge < -0.3 is 19.3 Å². The highest BCUT2D eigenvalue weighted by molar-refractivity contribution is 5.79. The lowest BCUT2D eigenvalue weighted by molar-refractivity contribution is -0.136. The quantitative estimate of drug-likeness (QED) is 0.556. The number of fused-ring (bicyclic) bond motifs is 2. The largest absolute Gasteiger partial charge is 0.497 e. The molecule has 0 spiro atoms. The monoisotopic (exact) mass is 513 g/mol. The van der Waals surface area contributed by atoms with Gasteiger partial charge in [-0.15, -0.1) is 0 Å². The zero-order chi connectivity index (χ0) is 26.2. The highest BCUT2D eigenvalue weighted by atomic mass is 16.5. The molecule has 1 aliphatic carbocycles. The van der Waals surface area contributed by atoms with Crippen molar-refractivity contribution in [1.82, 2.24) is 26.2 Å². The van der Waals surface area contributed by atoms with Crippen LogP contribution in [-0.2, 0) is 15.0 Å². The molecule has 4 aliphatic rings. The number of hydrogen-bond acceptors (Lipinski definition) is 7. The first-order valence-electron chi connectivity index (χ1n) is 13.9. The molecule has 37 heavy (non-hydrogen) atoms. The number of hydrogen-bond donors (Lipinski definition) is 3. The number of ether oxygens (including phenoxy) is 2. The summed E-state index contributed by atoms with van der Waals surface area (Å²) in [6.45, 7) is 9.55. The SMILES string of the molecule is COc1ccc(OCC(=O)N2CC[C@@H]3CN(C(=O)C4CCC5NNNC5C4)C[C@@H]3CC2)c(C(C)(C)C)c1. The molecule has 0 radical (unpaired) electrons. The third-order valence-electron chi connectivity index (χ3n) is 8.84. The predicted molar refractivity (Wildman–Crippen MR) is 141 cm³/mol. The van der Waals surface area contributed by atoms with E-state index >= 15 is 0 Å². The van der Waals surface area contributed by atoms with Crippen LogP contribution in [0.5, 0.6) is 11.5 Å². The van der Waals surface area contributed by atoms with Gasteiger partial charge in [-0.2, -0.15) is 5.53 Å². The lowest BCUT2D eigenvalue weighted by Gasteiger charge is -2.32. The number of nitrogens with one attached hydrogen (secondary N) is 3. The van der Waals surface area contributed by atoms with E-state index in [9.17, 15) is 9.59 Å². The summed E-state index contributed by atoms with van der Waals surface area (Å²) in [7, 11) is 1.66. The minimum Gasteiger partial charge on any atom is -0.497 e. The molecule has 9 nitrogen and oxygen atoms in total. The maximum Gasteiger partial charge on any atom is 0.260 e. The van der Waals surface area contributed by atoms with E-state index < -0.39 is 0 Å². The van der Waals surface area contributed by atoms with Crippen LogP contribution in [-0.4, -0.2) is 73.6 Å². The summed E-state index contributed by atoms with van der Waals surface area (Å²) in [5.74, 6) is 2.94. The summed E-state index contributed by atoms with van der Waals surface area (Å²) < 4.78 is 11.4. The van der Waals surface area contributed by atoms with Crippen LogP contribution in [0.3, 0.4) is 0 Å². The van der Waals surface area contributed by atoms with Gasteiger partial charge in [-0.05, 0) is 67.6 Å². The second kappa shape index (κ2) is 10.8. The number of carbonyl (C=O) groups is 2. The molecule has 0 bridgehead atoms. The topological polar surface area (TPSA) is 95.2 Å². The van der Waals surface area contributed by atoms with Gasteiger partial charge in [0.2, 0.25) is 5.91 Å². The van der Waals surface area contributed by atoms with E-state index in [2.05, 4.69) is 42.1 Å². The zero-order valence-corrected chi connectivity index (χ0v) is 22.7. The van der Waals surface area contributed by atoms with Crippen LogP contribution >= 0.6 is 0 Å². The van der Waals surface area contributed by atoms with Crippen molar-refractivity contribution in [3.63, 3.8) is 0 Å². The molecule has 204 valence electrons. The summed E-state index contributed by atoms with van der Waals surface area (Å²) >= 11 is 0. The predicted octanol–water partition coefficient (Wildman–Crippen LogP) is 2.22. The molecular weight excluding hydrogens is 470 g/mol. The Bertz CT molecular complexity index is 979. The molecular formula is C28H43N5O4. The highest BCUT2D eigenvalue weighted by Gasteiger charge is 2.42. The molecule has 1 aromatic rings. The van der Waals surface area contributed by atoms with E-state index in [1.165, 1.54) is 0 Å². The summed E-state index contributed by atoms with van der Waals surface area (Å²) in [4.78, 5) is 30.5. The average molecular weight is 514 g/mol. The summed E-state index contributed by atoms with van der Waals surface area (Å²) in [5.41, 5.74) is 10.4. The first kappa shape index (κ1) is 26.3. The second-order valence-electron chi connectivity index (χ2n) is 12.3. The van der Waals surface area contributed by atoms with Gasteiger partial charge in [0.05, 0.1) is 7.11 Å². The lowest BCUT2D eigenvalue weighted by atomic mass is 9.82. The summed E-state index contributed by atoms with van der Waals surface area (Å²) in [6.07, 6.45) is 4.76. The minimum absolute atomic E-state index is 0.0339. The van der Waals surface area contributed by atoms with Gasteiger partial charge in [-0.3, -0.25) is 9.59 Å². The standard InChI is InChI=1S/C28H43N5O4/c1-28(2,3)22-14-21(36-4)6-8-25(22)37-17-26(34)32-11-9-19-15-33(16-20(19)10-12-32)27(35)18-5-7-23-24(13-18)30-31-29-23/h6,8,14,18-20,23-24,29-31H,5,7,9-13,15-17H2,1-4H3/t18?,19-,20+,23?,24?. The molecule has 3 unspecified atom stereocenters. The van der Waals surface area contributed by atoms with Crippen LogP contribution < -0.4 is 25.9 Å². The fraction of sp³-hybridized carbons (Fsp3) is 0.714. The molecule has 5 atom stereocenters. The van der Waals surface area contributed by atoms with Crippen LogP contribution in [0.1, 0.15) is 58.4 Å². The van der Waals surface area contributed by atoms with Crippen LogP contribution in [0.4, 0.5) is 0 Å². The van der Waals surface area contributed by atoms with Gasteiger partial charge >= 0.3 is 0 Å². The Morgan fingerprint density at radius 1 is 0.973 bits per heavy atom. The first-order valence-corrected chi connectivity index (χ1v) is 13.9. The van der Waals surface area contributed by atoms with E-state index in [1.807, 2.05) is 23.1 Å². The van der Waals surface area contributed by atoms with Gasteiger partial charge in [0.25, 0.3) is 5.91 Å². The number of rotatable bonds is 5. The number of amides is 2. The van der Waals surface area contributed by atoms with Crippen LogP contribution in [0.25, 0.3) is 0 Å². The first-order chi connectivity index (χ1) is 17.7. The zero-order valence-electron chi connectivity index (χ0n) is 22.7. The number of carbonyl (C=O) groups excluding carboxylic acids is 2. The smallest absolute Gasteiger partial charge is 0.260 e. The molecule has 9 heteroatoms. The van der Waals surface area contributed by atoms with E-state index in [-0.39, 0.29) is 23.8 Å². The van der Waals surface area contributed by atoms with Gasteiger partial charge in [0.15, 0.2) is 6.61 Å². The maximum absolute atomic E-state index is 13.3. The van der Waals surface area contributed by atoms with Gasteiger partial charge in [0.1, 0.15) is 11.5 Å². The third kappa shape index (κ3) is 5.73. The number of likely N-dealkylation sites (tertiary alicyclic amines) is 2. The van der Waals surface area contributed by atoms with Gasteiger partial charge in [-0.1, -0.05) is 20.8 Å². The Morgan fingerprint density at radius 2 is 1.68 bits per heavy atom. The van der Waals surface area contributed by atoms with Gasteiger partial charge in [0, 0.05) is 49.7 Å². The number of nitrogens with zero attached hydrogens (tertiary/aromatic N) is 2. The second-order valence-corrected chi connectivity index (χ2v) is 12.3. The van der Waals surface area contributed by atoms with Crippen LogP contribution in [0, 0.1) is 17.8 Å². The van der Waals surface area contributed by atoms with Crippen molar-refractivity contribution in [2.45, 2.75) is 70.4 Å². The number of methoxy groups -OCH3 is 1. The molecule has 3 saturated heterocycles. The summed E-state index contributed by atoms with van der Waals surface area (Å²) in [5, 5.41) is 0. The maximum atomic E-state index is 13.3. The van der Waals surface area contributed by atoms with Crippen molar-refractivity contribution < 1.29 is 19.1 Å². The molecule has 3 aliphatic heterocycles. The van der Waals surface area contributed by atoms with Crippen molar-refractivity contribution in [2.75, 3.05) is 39.9 Å². The summed E-state index contributed by atoms with van der Waals surface area (Å²) in [6, 6.07) is 6.51. The fourth-order valence-electron chi connectivity index (χ4n) is 6.57. The number of hydrazine groups is 2. The molecule has 1 aromatic carbocycles. The Morgan fingerprint density at radius 3 is 2.35 bits per heavy atom. The molecule has 2 amide bonds. The minimum atomic E-state index is -0.128. The Labute approximate surface area is 220 Å². The molecule has 5 rings (SSSR count). The average Bonchev–Trinajstić information content (AvgIpc) is 3.48. The van der Waals surface area contributed by atoms with Crippen LogP contribution in [0.15, 0.2) is 18.2 Å². The van der Waals surface area contributed by atoms with Crippen molar-refractivity contribution in [2.24, 2.45) is 17.8 Å².